The van der Waals surface area contributed by atoms with E-state index in [-0.39, 0.29) is 67.4 Å². The van der Waals surface area contributed by atoms with Gasteiger partial charge in [-0.2, -0.15) is 0 Å². The van der Waals surface area contributed by atoms with Crippen molar-refractivity contribution in [3.63, 3.8) is 0 Å². The standard InChI is InChI=1S/2C3H5NO.2HI.Zn/c2*1-2-5-3-4-1;;;/h2*3H,1-2H2;2*1H;/q;;;;+2/p-2. The van der Waals surface area contributed by atoms with Gasteiger partial charge in [0, 0.05) is 0 Å². The number of hydrogen-bond donors (Lipinski definition) is 0. The summed E-state index contributed by atoms with van der Waals surface area (Å²) in [6.07, 6.45) is 2.97. The van der Waals surface area contributed by atoms with E-state index in [2.05, 4.69) is 19.5 Å². The van der Waals surface area contributed by atoms with Gasteiger partial charge in [-0.3, -0.25) is 9.98 Å². The maximum Gasteiger partial charge on any atom is 2.00 e. The monoisotopic (exact) mass is 460 g/mol. The fourth-order valence-electron chi connectivity index (χ4n) is 0.527. The molecule has 2 aliphatic heterocycles. The van der Waals surface area contributed by atoms with Crippen molar-refractivity contribution < 1.29 is 76.9 Å². The molecule has 0 radical (unpaired) electrons. The van der Waals surface area contributed by atoms with E-state index in [1.165, 1.54) is 12.8 Å². The molecule has 0 N–H and O–H groups in total. The van der Waals surface area contributed by atoms with Gasteiger partial charge in [0.2, 0.25) is 0 Å². The Balaban J connectivity index is -0.000000125. The Labute approximate surface area is 125 Å². The molecule has 0 aromatic rings. The molecule has 0 unspecified atom stereocenters. The maximum absolute atomic E-state index is 4.65. The van der Waals surface area contributed by atoms with Crippen molar-refractivity contribution in [2.75, 3.05) is 26.3 Å². The van der Waals surface area contributed by atoms with Crippen molar-refractivity contribution >= 4 is 12.8 Å². The van der Waals surface area contributed by atoms with Gasteiger partial charge in [-0.15, -0.1) is 0 Å². The predicted octanol–water partition coefficient (Wildman–Crippen LogP) is -5.90. The molecule has 0 atom stereocenters. The Bertz CT molecular complexity index is 119. The minimum atomic E-state index is 0. The van der Waals surface area contributed by atoms with Crippen LogP contribution in [0.5, 0.6) is 0 Å². The van der Waals surface area contributed by atoms with Crippen LogP contribution in [0.15, 0.2) is 9.98 Å². The SMILES string of the molecule is C1=NCCO1.C1=NCCO1.[I-].[I-].[Zn+2]. The summed E-state index contributed by atoms with van der Waals surface area (Å²) >= 11 is 0. The van der Waals surface area contributed by atoms with Gasteiger partial charge in [0.05, 0.1) is 13.1 Å². The minimum Gasteiger partial charge on any atom is -1.00 e. The van der Waals surface area contributed by atoms with Crippen molar-refractivity contribution in [2.24, 2.45) is 9.98 Å². The first kappa shape index (κ1) is 19.6. The van der Waals surface area contributed by atoms with Gasteiger partial charge in [-0.1, -0.05) is 0 Å². The molecule has 0 aromatic heterocycles. The average Bonchev–Trinajstić information content (AvgIpc) is 2.67. The summed E-state index contributed by atoms with van der Waals surface area (Å²) in [5, 5.41) is 0. The number of rotatable bonds is 0. The molecule has 2 heterocycles. The van der Waals surface area contributed by atoms with E-state index in [4.69, 9.17) is 0 Å². The van der Waals surface area contributed by atoms with E-state index in [0.29, 0.717) is 0 Å². The van der Waals surface area contributed by atoms with Crippen LogP contribution < -0.4 is 48.0 Å². The molecule has 13 heavy (non-hydrogen) atoms. The topological polar surface area (TPSA) is 43.2 Å². The largest absolute Gasteiger partial charge is 2.00 e. The quantitative estimate of drug-likeness (QED) is 0.267. The van der Waals surface area contributed by atoms with Gasteiger partial charge >= 0.3 is 19.5 Å². The van der Waals surface area contributed by atoms with Crippen LogP contribution in [0.2, 0.25) is 0 Å². The molecule has 2 aliphatic rings. The van der Waals surface area contributed by atoms with Crippen LogP contribution in [0.3, 0.4) is 0 Å². The Morgan fingerprint density at radius 2 is 1.23 bits per heavy atom. The second-order valence-electron chi connectivity index (χ2n) is 1.76. The molecule has 0 saturated carbocycles. The fraction of sp³-hybridized carbons (Fsp3) is 0.667. The molecule has 4 nitrogen and oxygen atoms in total. The predicted molar refractivity (Wildman–Crippen MR) is 38.6 cm³/mol. The summed E-state index contributed by atoms with van der Waals surface area (Å²) < 4.78 is 9.31. The van der Waals surface area contributed by atoms with Gasteiger partial charge in [0.25, 0.3) is 0 Å². The first-order valence-corrected chi connectivity index (χ1v) is 3.20. The molecule has 0 aliphatic carbocycles. The van der Waals surface area contributed by atoms with Crippen LogP contribution >= 0.6 is 0 Å². The van der Waals surface area contributed by atoms with E-state index >= 15 is 0 Å². The third-order valence-electron chi connectivity index (χ3n) is 0.975. The smallest absolute Gasteiger partial charge is 1.00 e. The summed E-state index contributed by atoms with van der Waals surface area (Å²) in [6, 6.07) is 0. The Hall–Kier alpha value is 1.02. The Morgan fingerprint density at radius 3 is 1.31 bits per heavy atom. The summed E-state index contributed by atoms with van der Waals surface area (Å²) in [5.74, 6) is 0. The van der Waals surface area contributed by atoms with Gasteiger partial charge in [0.15, 0.2) is 12.8 Å². The first-order valence-electron chi connectivity index (χ1n) is 3.20. The van der Waals surface area contributed by atoms with Gasteiger partial charge in [-0.25, -0.2) is 0 Å². The summed E-state index contributed by atoms with van der Waals surface area (Å²) in [7, 11) is 0. The molecule has 0 saturated heterocycles. The number of halogens is 2. The normalized spacial score (nSPS) is 14.8. The summed E-state index contributed by atoms with van der Waals surface area (Å²) in [5.41, 5.74) is 0. The minimum absolute atomic E-state index is 0. The molecular formula is C6H10I2N2O2Zn. The van der Waals surface area contributed by atoms with Gasteiger partial charge < -0.3 is 57.4 Å². The third kappa shape index (κ3) is 13.0. The van der Waals surface area contributed by atoms with Crippen LogP contribution in [0, 0.1) is 0 Å². The van der Waals surface area contributed by atoms with Crippen LogP contribution in [0.1, 0.15) is 0 Å². The average molecular weight is 461 g/mol. The van der Waals surface area contributed by atoms with E-state index in [1.807, 2.05) is 0 Å². The zero-order chi connectivity index (χ0) is 7.07. The van der Waals surface area contributed by atoms with Crippen LogP contribution in [-0.2, 0) is 29.0 Å². The zero-order valence-corrected chi connectivity index (χ0v) is 14.4. The van der Waals surface area contributed by atoms with Crippen molar-refractivity contribution in [1.29, 1.82) is 0 Å². The van der Waals surface area contributed by atoms with E-state index in [9.17, 15) is 0 Å². The van der Waals surface area contributed by atoms with E-state index in [1.54, 1.807) is 0 Å². The fourth-order valence-corrected chi connectivity index (χ4v) is 0.527. The molecule has 0 spiro atoms. The second-order valence-corrected chi connectivity index (χ2v) is 1.76. The molecule has 0 aromatic carbocycles. The zero-order valence-electron chi connectivity index (χ0n) is 7.16. The summed E-state index contributed by atoms with van der Waals surface area (Å²) in [4.78, 5) is 7.47. The van der Waals surface area contributed by atoms with Crippen molar-refractivity contribution in [1.82, 2.24) is 0 Å². The van der Waals surface area contributed by atoms with Crippen LogP contribution in [0.25, 0.3) is 0 Å². The molecular weight excluding hydrogens is 451 g/mol. The third-order valence-corrected chi connectivity index (χ3v) is 0.975. The number of nitrogens with zero attached hydrogens (tertiary/aromatic N) is 2. The van der Waals surface area contributed by atoms with Crippen LogP contribution in [0.4, 0.5) is 0 Å². The van der Waals surface area contributed by atoms with Crippen molar-refractivity contribution in [3.8, 4) is 0 Å². The Morgan fingerprint density at radius 1 is 0.846 bits per heavy atom. The number of ether oxygens (including phenoxy) is 2. The molecule has 0 amide bonds. The van der Waals surface area contributed by atoms with Crippen molar-refractivity contribution in [2.45, 2.75) is 0 Å². The van der Waals surface area contributed by atoms with Crippen molar-refractivity contribution in [3.05, 3.63) is 0 Å². The molecule has 0 bridgehead atoms. The molecule has 0 fully saturated rings. The number of hydrogen-bond acceptors (Lipinski definition) is 4. The maximum atomic E-state index is 4.65. The summed E-state index contributed by atoms with van der Waals surface area (Å²) in [6.45, 7) is 3.25. The first-order chi connectivity index (χ1) is 5.00. The van der Waals surface area contributed by atoms with Gasteiger partial charge in [-0.05, 0) is 0 Å². The molecule has 2 rings (SSSR count). The van der Waals surface area contributed by atoms with Gasteiger partial charge in [0.1, 0.15) is 13.2 Å². The Kier molecular flexibility index (Phi) is 23.3. The number of aliphatic imine (C=N–C) groups is 2. The molecule has 72 valence electrons. The van der Waals surface area contributed by atoms with E-state index in [0.717, 1.165) is 26.3 Å². The van der Waals surface area contributed by atoms with Crippen LogP contribution in [-0.4, -0.2) is 39.1 Å². The molecule has 7 heteroatoms. The second kappa shape index (κ2) is 15.5. The van der Waals surface area contributed by atoms with E-state index < -0.39 is 0 Å².